The molecule has 1 fully saturated rings. The van der Waals surface area contributed by atoms with E-state index in [0.29, 0.717) is 6.04 Å². The normalized spacial score (nSPS) is 22.3. The van der Waals surface area contributed by atoms with Crippen LogP contribution in [0.3, 0.4) is 0 Å². The second-order valence-corrected chi connectivity index (χ2v) is 5.54. The average Bonchev–Trinajstić information content (AvgIpc) is 2.85. The summed E-state index contributed by atoms with van der Waals surface area (Å²) in [6.07, 6.45) is 1.34. The molecule has 0 amide bonds. The van der Waals surface area contributed by atoms with Crippen molar-refractivity contribution in [2.24, 2.45) is 5.92 Å². The number of nitrogens with zero attached hydrogens (tertiary/aromatic N) is 1. The molecule has 2 nitrogen and oxygen atoms in total. The van der Waals surface area contributed by atoms with E-state index in [1.165, 1.54) is 37.2 Å². The van der Waals surface area contributed by atoms with Crippen molar-refractivity contribution in [2.75, 3.05) is 26.2 Å². The zero-order valence-corrected chi connectivity index (χ0v) is 11.9. The summed E-state index contributed by atoms with van der Waals surface area (Å²) in [6, 6.07) is 9.54. The molecule has 1 saturated heterocycles. The molecule has 0 bridgehead atoms. The van der Waals surface area contributed by atoms with Crippen molar-refractivity contribution < 1.29 is 0 Å². The molecule has 0 saturated carbocycles. The van der Waals surface area contributed by atoms with Crippen LogP contribution in [0.4, 0.5) is 0 Å². The van der Waals surface area contributed by atoms with Crippen LogP contribution in [0.5, 0.6) is 0 Å². The molecule has 100 valence electrons. The van der Waals surface area contributed by atoms with E-state index >= 15 is 0 Å². The van der Waals surface area contributed by atoms with Gasteiger partial charge in [-0.25, -0.2) is 0 Å². The number of likely N-dealkylation sites (tertiary alicyclic amines) is 1. The fourth-order valence-corrected chi connectivity index (χ4v) is 2.79. The minimum Gasteiger partial charge on any atom is -0.317 e. The molecule has 0 aromatic heterocycles. The van der Waals surface area contributed by atoms with Gasteiger partial charge in [0.05, 0.1) is 0 Å². The SMILES string of the molecule is CCNCC1CCN(C(C)c2ccc(C)cc2)C1. The molecular weight excluding hydrogens is 220 g/mol. The van der Waals surface area contributed by atoms with E-state index in [0.717, 1.165) is 12.5 Å². The molecule has 2 unspecified atom stereocenters. The number of hydrogen-bond acceptors (Lipinski definition) is 2. The number of rotatable bonds is 5. The molecule has 1 heterocycles. The predicted molar refractivity (Wildman–Crippen MR) is 77.8 cm³/mol. The van der Waals surface area contributed by atoms with Crippen LogP contribution in [0.2, 0.25) is 0 Å². The van der Waals surface area contributed by atoms with Gasteiger partial charge in [-0.15, -0.1) is 0 Å². The maximum atomic E-state index is 3.47. The second-order valence-electron chi connectivity index (χ2n) is 5.54. The lowest BCUT2D eigenvalue weighted by Crippen LogP contribution is -2.28. The Morgan fingerprint density at radius 3 is 2.72 bits per heavy atom. The molecule has 1 aromatic carbocycles. The van der Waals surface area contributed by atoms with Crippen LogP contribution in [0, 0.1) is 12.8 Å². The van der Waals surface area contributed by atoms with Crippen molar-refractivity contribution in [3.05, 3.63) is 35.4 Å². The van der Waals surface area contributed by atoms with Gasteiger partial charge in [-0.05, 0) is 51.4 Å². The van der Waals surface area contributed by atoms with E-state index in [1.807, 2.05) is 0 Å². The van der Waals surface area contributed by atoms with Crippen LogP contribution in [0.15, 0.2) is 24.3 Å². The summed E-state index contributed by atoms with van der Waals surface area (Å²) in [6.45, 7) is 11.4. The highest BCUT2D eigenvalue weighted by molar-refractivity contribution is 5.23. The van der Waals surface area contributed by atoms with E-state index in [1.54, 1.807) is 0 Å². The van der Waals surface area contributed by atoms with Gasteiger partial charge in [0.2, 0.25) is 0 Å². The summed E-state index contributed by atoms with van der Waals surface area (Å²) in [5, 5.41) is 3.47. The highest BCUT2D eigenvalue weighted by Crippen LogP contribution is 2.27. The average molecular weight is 246 g/mol. The Morgan fingerprint density at radius 1 is 1.33 bits per heavy atom. The number of hydrogen-bond donors (Lipinski definition) is 1. The molecule has 1 aliphatic heterocycles. The standard InChI is InChI=1S/C16H26N2/c1-4-17-11-15-9-10-18(12-15)14(3)16-7-5-13(2)6-8-16/h5-8,14-15,17H,4,9-12H2,1-3H3. The number of nitrogens with one attached hydrogen (secondary N) is 1. The largest absolute Gasteiger partial charge is 0.317 e. The third-order valence-corrected chi connectivity index (χ3v) is 4.11. The molecule has 2 atom stereocenters. The number of aryl methyl sites for hydroxylation is 1. The van der Waals surface area contributed by atoms with E-state index in [2.05, 4.69) is 55.3 Å². The van der Waals surface area contributed by atoms with Crippen LogP contribution >= 0.6 is 0 Å². The van der Waals surface area contributed by atoms with Gasteiger partial charge < -0.3 is 5.32 Å². The molecule has 2 rings (SSSR count). The first-order valence-electron chi connectivity index (χ1n) is 7.22. The lowest BCUT2D eigenvalue weighted by molar-refractivity contribution is 0.252. The monoisotopic (exact) mass is 246 g/mol. The van der Waals surface area contributed by atoms with Gasteiger partial charge in [-0.3, -0.25) is 4.90 Å². The highest BCUT2D eigenvalue weighted by atomic mass is 15.2. The number of benzene rings is 1. The molecule has 0 radical (unpaired) electrons. The lowest BCUT2D eigenvalue weighted by atomic mass is 10.1. The third-order valence-electron chi connectivity index (χ3n) is 4.11. The van der Waals surface area contributed by atoms with E-state index < -0.39 is 0 Å². The quantitative estimate of drug-likeness (QED) is 0.859. The van der Waals surface area contributed by atoms with Crippen molar-refractivity contribution in [2.45, 2.75) is 33.2 Å². The Labute approximate surface area is 111 Å². The summed E-state index contributed by atoms with van der Waals surface area (Å²) in [4.78, 5) is 2.62. The van der Waals surface area contributed by atoms with E-state index in [9.17, 15) is 0 Å². The fourth-order valence-electron chi connectivity index (χ4n) is 2.79. The summed E-state index contributed by atoms with van der Waals surface area (Å²) in [5.41, 5.74) is 2.79. The molecule has 1 aliphatic rings. The Morgan fingerprint density at radius 2 is 2.06 bits per heavy atom. The van der Waals surface area contributed by atoms with Crippen LogP contribution in [0.1, 0.15) is 37.4 Å². The molecule has 0 aliphatic carbocycles. The van der Waals surface area contributed by atoms with Crippen LogP contribution in [-0.2, 0) is 0 Å². The van der Waals surface area contributed by atoms with Gasteiger partial charge in [0.15, 0.2) is 0 Å². The van der Waals surface area contributed by atoms with Gasteiger partial charge in [0.1, 0.15) is 0 Å². The van der Waals surface area contributed by atoms with E-state index in [4.69, 9.17) is 0 Å². The van der Waals surface area contributed by atoms with Crippen LogP contribution < -0.4 is 5.32 Å². The third kappa shape index (κ3) is 3.33. The van der Waals surface area contributed by atoms with Crippen molar-refractivity contribution in [3.8, 4) is 0 Å². The Kier molecular flexibility index (Phi) is 4.79. The first kappa shape index (κ1) is 13.6. The van der Waals surface area contributed by atoms with Gasteiger partial charge in [0, 0.05) is 12.6 Å². The van der Waals surface area contributed by atoms with E-state index in [-0.39, 0.29) is 0 Å². The summed E-state index contributed by atoms with van der Waals surface area (Å²) in [7, 11) is 0. The predicted octanol–water partition coefficient (Wildman–Crippen LogP) is 2.99. The zero-order valence-electron chi connectivity index (χ0n) is 11.9. The lowest BCUT2D eigenvalue weighted by Gasteiger charge is -2.25. The highest BCUT2D eigenvalue weighted by Gasteiger charge is 2.26. The van der Waals surface area contributed by atoms with Crippen LogP contribution in [0.25, 0.3) is 0 Å². The first-order chi connectivity index (χ1) is 8.70. The Balaban J connectivity index is 1.90. The topological polar surface area (TPSA) is 15.3 Å². The van der Waals surface area contributed by atoms with Crippen molar-refractivity contribution >= 4 is 0 Å². The maximum Gasteiger partial charge on any atom is 0.0320 e. The Hall–Kier alpha value is -0.860. The molecule has 1 aromatic rings. The fraction of sp³-hybridized carbons (Fsp3) is 0.625. The molecule has 18 heavy (non-hydrogen) atoms. The summed E-state index contributed by atoms with van der Waals surface area (Å²) >= 11 is 0. The first-order valence-corrected chi connectivity index (χ1v) is 7.22. The Bertz CT molecular complexity index is 358. The summed E-state index contributed by atoms with van der Waals surface area (Å²) < 4.78 is 0. The molecule has 0 spiro atoms. The maximum absolute atomic E-state index is 3.47. The van der Waals surface area contributed by atoms with Gasteiger partial charge in [-0.1, -0.05) is 36.8 Å². The molecule has 2 heteroatoms. The smallest absolute Gasteiger partial charge is 0.0320 e. The zero-order chi connectivity index (χ0) is 13.0. The van der Waals surface area contributed by atoms with Gasteiger partial charge in [-0.2, -0.15) is 0 Å². The molecule has 1 N–H and O–H groups in total. The second kappa shape index (κ2) is 6.35. The minimum absolute atomic E-state index is 0.553. The van der Waals surface area contributed by atoms with Crippen molar-refractivity contribution in [1.82, 2.24) is 10.2 Å². The van der Waals surface area contributed by atoms with Crippen LogP contribution in [-0.4, -0.2) is 31.1 Å². The minimum atomic E-state index is 0.553. The summed E-state index contributed by atoms with van der Waals surface area (Å²) in [5.74, 6) is 0.831. The van der Waals surface area contributed by atoms with Crippen molar-refractivity contribution in [3.63, 3.8) is 0 Å². The van der Waals surface area contributed by atoms with Gasteiger partial charge >= 0.3 is 0 Å². The molecular formula is C16H26N2. The van der Waals surface area contributed by atoms with Crippen molar-refractivity contribution in [1.29, 1.82) is 0 Å². The van der Waals surface area contributed by atoms with Gasteiger partial charge in [0.25, 0.3) is 0 Å².